The number of pyridine rings is 1. The molecule has 5 nitrogen and oxygen atoms in total. The molecule has 0 fully saturated rings. The van der Waals surface area contributed by atoms with Crippen LogP contribution in [0.5, 0.6) is 0 Å². The van der Waals surface area contributed by atoms with Gasteiger partial charge in [0.2, 0.25) is 0 Å². The monoisotopic (exact) mass is 377 g/mol. The Morgan fingerprint density at radius 2 is 2.05 bits per heavy atom. The lowest BCUT2D eigenvalue weighted by Gasteiger charge is -2.16. The van der Waals surface area contributed by atoms with Crippen LogP contribution in [0, 0.1) is 0 Å². The zero-order valence-electron chi connectivity index (χ0n) is 10.2. The van der Waals surface area contributed by atoms with E-state index in [0.717, 1.165) is 6.26 Å². The van der Waals surface area contributed by atoms with E-state index in [-0.39, 0.29) is 12.1 Å². The molecule has 0 saturated heterocycles. The standard InChI is InChI=1S/C10H11BrF3NO4S/c1-20(16,17)19-9(4-5-18-10(12,13)14)8-3-2-7(11)6-15-8/h2-3,6,9H,4-5H2,1H3. The molecule has 0 N–H and O–H groups in total. The largest absolute Gasteiger partial charge is 0.522 e. The quantitative estimate of drug-likeness (QED) is 0.713. The molecular formula is C10H11BrF3NO4S. The van der Waals surface area contributed by atoms with Crippen LogP contribution in [-0.2, 0) is 19.0 Å². The second-order valence-electron chi connectivity index (χ2n) is 3.77. The maximum Gasteiger partial charge on any atom is 0.522 e. The minimum Gasteiger partial charge on any atom is -0.292 e. The van der Waals surface area contributed by atoms with Crippen LogP contribution in [0.15, 0.2) is 22.8 Å². The number of halogens is 4. The van der Waals surface area contributed by atoms with E-state index in [1.54, 1.807) is 6.07 Å². The molecule has 0 radical (unpaired) electrons. The molecule has 0 spiro atoms. The van der Waals surface area contributed by atoms with Crippen molar-refractivity contribution in [1.29, 1.82) is 0 Å². The molecule has 20 heavy (non-hydrogen) atoms. The Balaban J connectivity index is 2.78. The van der Waals surface area contributed by atoms with Crippen molar-refractivity contribution >= 4 is 26.0 Å². The average Bonchev–Trinajstić information content (AvgIpc) is 2.25. The van der Waals surface area contributed by atoms with E-state index in [4.69, 9.17) is 4.18 Å². The van der Waals surface area contributed by atoms with Crippen molar-refractivity contribution in [3.05, 3.63) is 28.5 Å². The lowest BCUT2D eigenvalue weighted by Crippen LogP contribution is -2.18. The van der Waals surface area contributed by atoms with Gasteiger partial charge in [-0.2, -0.15) is 8.42 Å². The zero-order valence-corrected chi connectivity index (χ0v) is 12.6. The lowest BCUT2D eigenvalue weighted by atomic mass is 10.2. The fourth-order valence-electron chi connectivity index (χ4n) is 1.32. The number of hydrogen-bond acceptors (Lipinski definition) is 5. The van der Waals surface area contributed by atoms with E-state index in [9.17, 15) is 21.6 Å². The average molecular weight is 378 g/mol. The van der Waals surface area contributed by atoms with Gasteiger partial charge in [0.1, 0.15) is 6.10 Å². The van der Waals surface area contributed by atoms with Gasteiger partial charge in [0.25, 0.3) is 10.1 Å². The molecule has 1 atom stereocenters. The third kappa shape index (κ3) is 7.17. The van der Waals surface area contributed by atoms with Gasteiger partial charge in [0.05, 0.1) is 18.6 Å². The van der Waals surface area contributed by atoms with Gasteiger partial charge in [-0.15, -0.1) is 13.2 Å². The minimum absolute atomic E-state index is 0.199. The summed E-state index contributed by atoms with van der Waals surface area (Å²) in [6.07, 6.45) is -4.02. The normalized spacial score (nSPS) is 14.2. The molecule has 1 aromatic heterocycles. The molecule has 0 aliphatic heterocycles. The van der Waals surface area contributed by atoms with Crippen molar-refractivity contribution in [2.75, 3.05) is 12.9 Å². The summed E-state index contributed by atoms with van der Waals surface area (Å²) in [7, 11) is -3.84. The Morgan fingerprint density at radius 1 is 1.40 bits per heavy atom. The molecular weight excluding hydrogens is 367 g/mol. The van der Waals surface area contributed by atoms with Crippen molar-refractivity contribution in [3.8, 4) is 0 Å². The zero-order chi connectivity index (χ0) is 15.4. The van der Waals surface area contributed by atoms with Gasteiger partial charge in [-0.1, -0.05) is 0 Å². The Kier molecular flexibility index (Phi) is 5.92. The van der Waals surface area contributed by atoms with E-state index in [0.29, 0.717) is 4.47 Å². The van der Waals surface area contributed by atoms with Gasteiger partial charge >= 0.3 is 6.36 Å². The highest BCUT2D eigenvalue weighted by Gasteiger charge is 2.30. The molecule has 1 heterocycles. The van der Waals surface area contributed by atoms with Gasteiger partial charge in [0.15, 0.2) is 0 Å². The molecule has 0 bridgehead atoms. The first-order valence-electron chi connectivity index (χ1n) is 5.27. The molecule has 0 aromatic carbocycles. The fourth-order valence-corrected chi connectivity index (χ4v) is 2.17. The van der Waals surface area contributed by atoms with E-state index in [1.807, 2.05) is 0 Å². The van der Waals surface area contributed by atoms with Crippen molar-refractivity contribution in [1.82, 2.24) is 4.98 Å². The summed E-state index contributed by atoms with van der Waals surface area (Å²) in [6.45, 7) is -0.735. The summed E-state index contributed by atoms with van der Waals surface area (Å²) in [5.74, 6) is 0. The van der Waals surface area contributed by atoms with E-state index in [2.05, 4.69) is 25.7 Å². The van der Waals surface area contributed by atoms with Gasteiger partial charge in [-0.25, -0.2) is 0 Å². The van der Waals surface area contributed by atoms with Gasteiger partial charge in [-0.05, 0) is 28.1 Å². The van der Waals surface area contributed by atoms with Crippen molar-refractivity contribution in [3.63, 3.8) is 0 Å². The maximum absolute atomic E-state index is 11.9. The molecule has 0 aliphatic rings. The molecule has 1 unspecified atom stereocenters. The highest BCUT2D eigenvalue weighted by Crippen LogP contribution is 2.24. The predicted octanol–water partition coefficient (Wildman–Crippen LogP) is 2.79. The Bertz CT molecular complexity index is 532. The minimum atomic E-state index is -4.78. The number of aromatic nitrogens is 1. The van der Waals surface area contributed by atoms with Crippen LogP contribution < -0.4 is 0 Å². The topological polar surface area (TPSA) is 65.5 Å². The molecule has 0 saturated carbocycles. The molecule has 1 aromatic rings. The summed E-state index contributed by atoms with van der Waals surface area (Å²) in [5, 5.41) is 0. The second kappa shape index (κ2) is 6.83. The molecule has 0 aliphatic carbocycles. The van der Waals surface area contributed by atoms with Crippen molar-refractivity contribution < 1.29 is 30.5 Å². The number of ether oxygens (including phenoxy) is 1. The summed E-state index contributed by atoms with van der Waals surface area (Å²) in [5.41, 5.74) is 0.199. The Morgan fingerprint density at radius 3 is 2.50 bits per heavy atom. The Hall–Kier alpha value is -0.710. The molecule has 1 rings (SSSR count). The third-order valence-corrected chi connectivity index (χ3v) is 3.07. The van der Waals surface area contributed by atoms with Crippen LogP contribution >= 0.6 is 15.9 Å². The number of rotatable bonds is 6. The molecule has 0 amide bonds. The smallest absolute Gasteiger partial charge is 0.292 e. The van der Waals surface area contributed by atoms with Crippen LogP contribution in [-0.4, -0.2) is 32.6 Å². The van der Waals surface area contributed by atoms with E-state index < -0.39 is 29.2 Å². The first-order chi connectivity index (χ1) is 9.07. The van der Waals surface area contributed by atoms with E-state index >= 15 is 0 Å². The maximum atomic E-state index is 11.9. The first-order valence-corrected chi connectivity index (χ1v) is 7.88. The second-order valence-corrected chi connectivity index (χ2v) is 6.29. The van der Waals surface area contributed by atoms with Gasteiger partial charge in [-0.3, -0.25) is 13.9 Å². The Labute approximate surface area is 122 Å². The third-order valence-electron chi connectivity index (χ3n) is 2.02. The summed E-state index contributed by atoms with van der Waals surface area (Å²) >= 11 is 3.14. The van der Waals surface area contributed by atoms with Crippen LogP contribution in [0.25, 0.3) is 0 Å². The highest BCUT2D eigenvalue weighted by molar-refractivity contribution is 9.10. The fraction of sp³-hybridized carbons (Fsp3) is 0.500. The molecule has 114 valence electrons. The van der Waals surface area contributed by atoms with Crippen LogP contribution in [0.1, 0.15) is 18.2 Å². The van der Waals surface area contributed by atoms with Crippen LogP contribution in [0.4, 0.5) is 13.2 Å². The van der Waals surface area contributed by atoms with Crippen molar-refractivity contribution in [2.24, 2.45) is 0 Å². The summed E-state index contributed by atoms with van der Waals surface area (Å²) < 4.78 is 66.9. The number of alkyl halides is 3. The van der Waals surface area contributed by atoms with Crippen LogP contribution in [0.2, 0.25) is 0 Å². The molecule has 10 heteroatoms. The van der Waals surface area contributed by atoms with Crippen LogP contribution in [0.3, 0.4) is 0 Å². The predicted molar refractivity (Wildman–Crippen MR) is 67.2 cm³/mol. The van der Waals surface area contributed by atoms with Gasteiger partial charge < -0.3 is 0 Å². The summed E-state index contributed by atoms with van der Waals surface area (Å²) in [6, 6.07) is 3.03. The lowest BCUT2D eigenvalue weighted by molar-refractivity contribution is -0.325. The van der Waals surface area contributed by atoms with E-state index in [1.165, 1.54) is 12.3 Å². The highest BCUT2D eigenvalue weighted by atomic mass is 79.9. The number of hydrogen-bond donors (Lipinski definition) is 0. The first kappa shape index (κ1) is 17.3. The summed E-state index contributed by atoms with van der Waals surface area (Å²) in [4.78, 5) is 3.90. The number of nitrogens with zero attached hydrogens (tertiary/aromatic N) is 1. The van der Waals surface area contributed by atoms with Crippen molar-refractivity contribution in [2.45, 2.75) is 18.9 Å². The SMILES string of the molecule is CS(=O)(=O)OC(CCOC(F)(F)F)c1ccc(Br)cn1. The van der Waals surface area contributed by atoms with Gasteiger partial charge in [0, 0.05) is 17.1 Å².